The summed E-state index contributed by atoms with van der Waals surface area (Å²) < 4.78 is 5.16. The second kappa shape index (κ2) is 5.68. The number of morpholine rings is 1. The average molecular weight is 266 g/mol. The van der Waals surface area contributed by atoms with Crippen molar-refractivity contribution < 1.29 is 24.5 Å². The van der Waals surface area contributed by atoms with Crippen molar-refractivity contribution in [2.75, 3.05) is 25.1 Å². The lowest BCUT2D eigenvalue weighted by atomic mass is 10.1. The molecule has 7 heteroatoms. The van der Waals surface area contributed by atoms with Crippen molar-refractivity contribution in [3.63, 3.8) is 0 Å². The summed E-state index contributed by atoms with van der Waals surface area (Å²) in [5.41, 5.74) is 0.0539. The molecule has 1 aromatic carbocycles. The number of aromatic hydroxyl groups is 1. The second-order valence-electron chi connectivity index (χ2n) is 4.11. The molecular formula is C12H14N2O5. The monoisotopic (exact) mass is 266 g/mol. The molecule has 1 unspecified atom stereocenters. The van der Waals surface area contributed by atoms with Gasteiger partial charge in [-0.05, 0) is 18.2 Å². The standard InChI is InChI=1S/C12H14N2O5/c15-10-2-1-7(5-8(10)12(17)18)14-11(16)9-6-19-4-3-13-9/h1-2,5,9,13,15H,3-4,6H2,(H,14,16)(H,17,18). The minimum atomic E-state index is -1.26. The van der Waals surface area contributed by atoms with Gasteiger partial charge in [0, 0.05) is 12.2 Å². The van der Waals surface area contributed by atoms with E-state index in [1.54, 1.807) is 0 Å². The van der Waals surface area contributed by atoms with Crippen LogP contribution in [0, 0.1) is 0 Å². The zero-order valence-electron chi connectivity index (χ0n) is 10.0. The molecule has 1 aliphatic rings. The maximum atomic E-state index is 11.9. The summed E-state index contributed by atoms with van der Waals surface area (Å²) in [6.07, 6.45) is 0. The third-order valence-corrected chi connectivity index (χ3v) is 2.73. The number of ether oxygens (including phenoxy) is 1. The first kappa shape index (κ1) is 13.3. The first-order valence-electron chi connectivity index (χ1n) is 5.76. The van der Waals surface area contributed by atoms with E-state index >= 15 is 0 Å². The van der Waals surface area contributed by atoms with E-state index < -0.39 is 12.0 Å². The van der Waals surface area contributed by atoms with Crippen LogP contribution in [0.25, 0.3) is 0 Å². The Labute approximate surface area is 109 Å². The van der Waals surface area contributed by atoms with Crippen LogP contribution in [0.5, 0.6) is 5.75 Å². The Balaban J connectivity index is 2.08. The highest BCUT2D eigenvalue weighted by Crippen LogP contribution is 2.21. The van der Waals surface area contributed by atoms with Gasteiger partial charge in [-0.2, -0.15) is 0 Å². The molecule has 1 aromatic rings. The number of carbonyl (C=O) groups excluding carboxylic acids is 1. The van der Waals surface area contributed by atoms with Crippen molar-refractivity contribution in [2.24, 2.45) is 0 Å². The number of carbonyl (C=O) groups is 2. The Bertz CT molecular complexity index is 497. The van der Waals surface area contributed by atoms with Gasteiger partial charge in [0.1, 0.15) is 17.4 Å². The van der Waals surface area contributed by atoms with E-state index in [4.69, 9.17) is 9.84 Å². The number of aromatic carboxylic acids is 1. The summed E-state index contributed by atoms with van der Waals surface area (Å²) in [6, 6.07) is 3.41. The predicted molar refractivity (Wildman–Crippen MR) is 66.3 cm³/mol. The van der Waals surface area contributed by atoms with Gasteiger partial charge >= 0.3 is 5.97 Å². The molecule has 4 N–H and O–H groups in total. The van der Waals surface area contributed by atoms with Crippen molar-refractivity contribution in [2.45, 2.75) is 6.04 Å². The van der Waals surface area contributed by atoms with Gasteiger partial charge in [0.15, 0.2) is 0 Å². The fourth-order valence-electron chi connectivity index (χ4n) is 1.75. The molecule has 2 rings (SSSR count). The minimum Gasteiger partial charge on any atom is -0.507 e. The number of nitrogens with one attached hydrogen (secondary N) is 2. The molecule has 1 saturated heterocycles. The molecule has 0 aromatic heterocycles. The molecule has 1 atom stereocenters. The number of amides is 1. The summed E-state index contributed by atoms with van der Waals surface area (Å²) in [5.74, 6) is -1.90. The lowest BCUT2D eigenvalue weighted by Crippen LogP contribution is -2.48. The molecule has 0 radical (unpaired) electrons. The number of hydrogen-bond donors (Lipinski definition) is 4. The van der Waals surface area contributed by atoms with Crippen LogP contribution in [0.3, 0.4) is 0 Å². The van der Waals surface area contributed by atoms with E-state index in [-0.39, 0.29) is 23.8 Å². The largest absolute Gasteiger partial charge is 0.507 e. The maximum Gasteiger partial charge on any atom is 0.339 e. The van der Waals surface area contributed by atoms with Gasteiger partial charge in [-0.25, -0.2) is 4.79 Å². The summed E-state index contributed by atoms with van der Waals surface area (Å²) in [6.45, 7) is 1.43. The molecule has 19 heavy (non-hydrogen) atoms. The third-order valence-electron chi connectivity index (χ3n) is 2.73. The molecule has 0 saturated carbocycles. The maximum absolute atomic E-state index is 11.9. The molecule has 0 aliphatic carbocycles. The van der Waals surface area contributed by atoms with E-state index in [0.29, 0.717) is 18.8 Å². The minimum absolute atomic E-state index is 0.259. The van der Waals surface area contributed by atoms with Gasteiger partial charge in [0.2, 0.25) is 5.91 Å². The smallest absolute Gasteiger partial charge is 0.339 e. The Kier molecular flexibility index (Phi) is 3.98. The summed E-state index contributed by atoms with van der Waals surface area (Å²) >= 11 is 0. The van der Waals surface area contributed by atoms with E-state index in [9.17, 15) is 14.7 Å². The van der Waals surface area contributed by atoms with E-state index in [1.807, 2.05) is 0 Å². The van der Waals surface area contributed by atoms with Crippen molar-refractivity contribution in [3.05, 3.63) is 23.8 Å². The first-order valence-corrected chi connectivity index (χ1v) is 5.76. The molecule has 102 valence electrons. The fraction of sp³-hybridized carbons (Fsp3) is 0.333. The van der Waals surface area contributed by atoms with Gasteiger partial charge in [0.25, 0.3) is 0 Å². The zero-order chi connectivity index (χ0) is 13.8. The number of phenols is 1. The molecule has 1 heterocycles. The van der Waals surface area contributed by atoms with Crippen LogP contribution in [0.1, 0.15) is 10.4 Å². The second-order valence-corrected chi connectivity index (χ2v) is 4.11. The Morgan fingerprint density at radius 2 is 2.21 bits per heavy atom. The van der Waals surface area contributed by atoms with Crippen molar-refractivity contribution in [1.82, 2.24) is 5.32 Å². The molecule has 1 aliphatic heterocycles. The molecule has 0 spiro atoms. The topological polar surface area (TPSA) is 108 Å². The highest BCUT2D eigenvalue weighted by molar-refractivity contribution is 5.97. The third kappa shape index (κ3) is 3.21. The SMILES string of the molecule is O=C(O)c1cc(NC(=O)C2COCCN2)ccc1O. The van der Waals surface area contributed by atoms with Gasteiger partial charge in [-0.1, -0.05) is 0 Å². The van der Waals surface area contributed by atoms with Gasteiger partial charge < -0.3 is 25.6 Å². The van der Waals surface area contributed by atoms with Crippen LogP contribution in [-0.2, 0) is 9.53 Å². The zero-order valence-corrected chi connectivity index (χ0v) is 10.0. The molecular weight excluding hydrogens is 252 g/mol. The summed E-state index contributed by atoms with van der Waals surface area (Å²) in [4.78, 5) is 22.7. The van der Waals surface area contributed by atoms with Crippen LogP contribution in [0.4, 0.5) is 5.69 Å². The van der Waals surface area contributed by atoms with E-state index in [1.165, 1.54) is 18.2 Å². The van der Waals surface area contributed by atoms with Gasteiger partial charge in [-0.15, -0.1) is 0 Å². The average Bonchev–Trinajstić information content (AvgIpc) is 2.41. The van der Waals surface area contributed by atoms with E-state index in [2.05, 4.69) is 10.6 Å². The number of carboxylic acid groups (broad SMARTS) is 1. The number of carboxylic acids is 1. The Hall–Kier alpha value is -2.12. The lowest BCUT2D eigenvalue weighted by molar-refractivity contribution is -0.120. The van der Waals surface area contributed by atoms with Crippen LogP contribution >= 0.6 is 0 Å². The Morgan fingerprint density at radius 1 is 1.42 bits per heavy atom. The summed E-state index contributed by atoms with van der Waals surface area (Å²) in [5, 5.41) is 23.8. The number of hydrogen-bond acceptors (Lipinski definition) is 5. The van der Waals surface area contributed by atoms with Gasteiger partial charge in [-0.3, -0.25) is 4.79 Å². The molecule has 0 bridgehead atoms. The first-order chi connectivity index (χ1) is 9.08. The molecule has 7 nitrogen and oxygen atoms in total. The highest BCUT2D eigenvalue weighted by Gasteiger charge is 2.21. The quantitative estimate of drug-likeness (QED) is 0.574. The lowest BCUT2D eigenvalue weighted by Gasteiger charge is -2.22. The van der Waals surface area contributed by atoms with Gasteiger partial charge in [0.05, 0.1) is 13.2 Å². The van der Waals surface area contributed by atoms with Crippen LogP contribution in [0.15, 0.2) is 18.2 Å². The van der Waals surface area contributed by atoms with Crippen LogP contribution in [0.2, 0.25) is 0 Å². The number of benzene rings is 1. The van der Waals surface area contributed by atoms with Crippen LogP contribution in [-0.4, -0.2) is 47.9 Å². The van der Waals surface area contributed by atoms with Crippen LogP contribution < -0.4 is 10.6 Å². The number of anilines is 1. The Morgan fingerprint density at radius 3 is 2.84 bits per heavy atom. The predicted octanol–water partition coefficient (Wildman–Crippen LogP) is 0.0173. The molecule has 1 fully saturated rings. The van der Waals surface area contributed by atoms with Crippen molar-refractivity contribution in [3.8, 4) is 5.75 Å². The van der Waals surface area contributed by atoms with Crippen molar-refractivity contribution >= 4 is 17.6 Å². The highest BCUT2D eigenvalue weighted by atomic mass is 16.5. The number of rotatable bonds is 3. The molecule has 1 amide bonds. The van der Waals surface area contributed by atoms with Crippen molar-refractivity contribution in [1.29, 1.82) is 0 Å². The van der Waals surface area contributed by atoms with E-state index in [0.717, 1.165) is 0 Å². The summed E-state index contributed by atoms with van der Waals surface area (Å²) in [7, 11) is 0. The normalized spacial score (nSPS) is 18.8. The fourth-order valence-corrected chi connectivity index (χ4v) is 1.75.